The predicted octanol–water partition coefficient (Wildman–Crippen LogP) is 15.6. The third kappa shape index (κ3) is 4.57. The second-order valence-corrected chi connectivity index (χ2v) is 14.7. The maximum absolute atomic E-state index is 6.82. The van der Waals surface area contributed by atoms with Crippen molar-refractivity contribution in [1.82, 2.24) is 0 Å². The minimum Gasteiger partial charge on any atom is -0.455 e. The molecule has 2 nitrogen and oxygen atoms in total. The van der Waals surface area contributed by atoms with Crippen LogP contribution in [-0.4, -0.2) is 0 Å². The van der Waals surface area contributed by atoms with Gasteiger partial charge in [0.05, 0.1) is 0 Å². The molecule has 10 aromatic carbocycles. The average molecular weight is 713 g/mol. The van der Waals surface area contributed by atoms with Crippen LogP contribution in [0, 0.1) is 0 Å². The van der Waals surface area contributed by atoms with Crippen LogP contribution in [0.5, 0.6) is 0 Å². The summed E-state index contributed by atoms with van der Waals surface area (Å²) in [4.78, 5) is 0. The van der Waals surface area contributed by atoms with Gasteiger partial charge in [-0.3, -0.25) is 0 Å². The van der Waals surface area contributed by atoms with E-state index in [1.54, 1.807) is 0 Å². The largest absolute Gasteiger partial charge is 0.455 e. The topological polar surface area (TPSA) is 26.3 Å². The Labute approximate surface area is 322 Å². The molecule has 0 fully saturated rings. The summed E-state index contributed by atoms with van der Waals surface area (Å²) < 4.78 is 13.6. The van der Waals surface area contributed by atoms with Crippen molar-refractivity contribution in [2.45, 2.75) is 0 Å². The summed E-state index contributed by atoms with van der Waals surface area (Å²) in [5, 5.41) is 11.9. The van der Waals surface area contributed by atoms with Gasteiger partial charge >= 0.3 is 0 Å². The number of hydrogen-bond acceptors (Lipinski definition) is 2. The minimum absolute atomic E-state index is 0.913. The fourth-order valence-corrected chi connectivity index (χ4v) is 9.08. The van der Waals surface area contributed by atoms with Gasteiger partial charge in [0.15, 0.2) is 0 Å². The average Bonchev–Trinajstić information content (AvgIpc) is 3.86. The maximum Gasteiger partial charge on any atom is 0.143 e. The Kier molecular flexibility index (Phi) is 6.66. The highest BCUT2D eigenvalue weighted by Crippen LogP contribution is 2.44. The molecule has 0 N–H and O–H groups in total. The normalized spacial score (nSPS) is 11.9. The van der Waals surface area contributed by atoms with E-state index in [2.05, 4.69) is 194 Å². The lowest BCUT2D eigenvalue weighted by Gasteiger charge is -2.14. The molecule has 260 valence electrons. The van der Waals surface area contributed by atoms with Gasteiger partial charge in [-0.15, -0.1) is 0 Å². The second-order valence-electron chi connectivity index (χ2n) is 14.7. The molecule has 12 aromatic rings. The third-order valence-corrected chi connectivity index (χ3v) is 11.7. The molecule has 0 amide bonds. The van der Waals surface area contributed by atoms with Crippen molar-refractivity contribution >= 4 is 76.2 Å². The van der Waals surface area contributed by atoms with E-state index in [1.165, 1.54) is 32.3 Å². The summed E-state index contributed by atoms with van der Waals surface area (Å²) in [6.45, 7) is 0. The van der Waals surface area contributed by atoms with Crippen LogP contribution in [0.3, 0.4) is 0 Å². The predicted molar refractivity (Wildman–Crippen MR) is 235 cm³/mol. The Hall–Kier alpha value is -7.42. The Morgan fingerprint density at radius 2 is 0.500 bits per heavy atom. The first-order valence-electron chi connectivity index (χ1n) is 19.2. The molecule has 2 aromatic heterocycles. The highest BCUT2D eigenvalue weighted by Gasteiger charge is 2.19. The van der Waals surface area contributed by atoms with E-state index < -0.39 is 0 Å². The second kappa shape index (κ2) is 12.0. The van der Waals surface area contributed by atoms with Crippen molar-refractivity contribution in [2.75, 3.05) is 0 Å². The van der Waals surface area contributed by atoms with E-state index in [0.717, 1.165) is 88.4 Å². The van der Waals surface area contributed by atoms with Crippen LogP contribution in [0.4, 0.5) is 0 Å². The van der Waals surface area contributed by atoms with Crippen LogP contribution in [-0.2, 0) is 0 Å². The first kappa shape index (κ1) is 31.0. The molecule has 0 radical (unpaired) electrons. The molecule has 2 heterocycles. The first-order valence-corrected chi connectivity index (χ1v) is 19.2. The molecule has 0 saturated carbocycles. The van der Waals surface area contributed by atoms with Crippen LogP contribution in [0.2, 0.25) is 0 Å². The standard InChI is InChI=1S/C54H32O2/c1-3-13-33(14-4-1)37-19-9-23-45-47-25-11-21-39(53(47)55-51(37)45)35-27-29-43-44-30-28-36(32-50(44)42-18-8-7-17-41(42)49(43)31-35)40-22-12-26-48-46-24-10-20-38(52(46)56-54(40)48)34-15-5-2-6-16-34/h1-32H. The molecule has 0 unspecified atom stereocenters. The van der Waals surface area contributed by atoms with Crippen molar-refractivity contribution in [1.29, 1.82) is 0 Å². The van der Waals surface area contributed by atoms with Gasteiger partial charge in [-0.1, -0.05) is 182 Å². The minimum atomic E-state index is 0.913. The van der Waals surface area contributed by atoms with Gasteiger partial charge < -0.3 is 8.83 Å². The first-order chi connectivity index (χ1) is 27.8. The van der Waals surface area contributed by atoms with E-state index in [-0.39, 0.29) is 0 Å². The van der Waals surface area contributed by atoms with Crippen molar-refractivity contribution in [3.8, 4) is 44.5 Å². The summed E-state index contributed by atoms with van der Waals surface area (Å²) in [7, 11) is 0. The van der Waals surface area contributed by atoms with Crippen molar-refractivity contribution in [3.63, 3.8) is 0 Å². The lowest BCUT2D eigenvalue weighted by Crippen LogP contribution is -1.87. The summed E-state index contributed by atoms with van der Waals surface area (Å²) in [6, 6.07) is 69.5. The zero-order valence-electron chi connectivity index (χ0n) is 30.3. The van der Waals surface area contributed by atoms with Crippen LogP contribution in [0.1, 0.15) is 0 Å². The Bertz CT molecular complexity index is 3260. The number of furan rings is 2. The van der Waals surface area contributed by atoms with Crippen LogP contribution >= 0.6 is 0 Å². The molecule has 0 bridgehead atoms. The Morgan fingerprint density at radius 3 is 0.875 bits per heavy atom. The number of para-hydroxylation sites is 4. The molecule has 0 spiro atoms. The van der Waals surface area contributed by atoms with Crippen LogP contribution in [0.15, 0.2) is 203 Å². The number of rotatable bonds is 4. The Balaban J connectivity index is 1.04. The smallest absolute Gasteiger partial charge is 0.143 e. The van der Waals surface area contributed by atoms with Gasteiger partial charge in [0.25, 0.3) is 0 Å². The third-order valence-electron chi connectivity index (χ3n) is 11.7. The monoisotopic (exact) mass is 712 g/mol. The summed E-state index contributed by atoms with van der Waals surface area (Å²) in [5.41, 5.74) is 12.6. The lowest BCUT2D eigenvalue weighted by atomic mass is 9.90. The van der Waals surface area contributed by atoms with Crippen molar-refractivity contribution in [2.24, 2.45) is 0 Å². The van der Waals surface area contributed by atoms with Crippen LogP contribution in [0.25, 0.3) is 121 Å². The van der Waals surface area contributed by atoms with E-state index in [9.17, 15) is 0 Å². The highest BCUT2D eigenvalue weighted by atomic mass is 16.3. The van der Waals surface area contributed by atoms with E-state index >= 15 is 0 Å². The molecule has 56 heavy (non-hydrogen) atoms. The quantitative estimate of drug-likeness (QED) is 0.170. The molecular weight excluding hydrogens is 681 g/mol. The molecule has 0 atom stereocenters. The van der Waals surface area contributed by atoms with Gasteiger partial charge in [0.1, 0.15) is 22.3 Å². The maximum atomic E-state index is 6.82. The van der Waals surface area contributed by atoms with Gasteiger partial charge in [0, 0.05) is 43.8 Å². The fraction of sp³-hybridized carbons (Fsp3) is 0. The molecule has 0 aliphatic carbocycles. The van der Waals surface area contributed by atoms with E-state index in [1.807, 2.05) is 0 Å². The van der Waals surface area contributed by atoms with Crippen LogP contribution < -0.4 is 0 Å². The van der Waals surface area contributed by atoms with Crippen molar-refractivity contribution < 1.29 is 8.83 Å². The molecule has 12 rings (SSSR count). The highest BCUT2D eigenvalue weighted by molar-refractivity contribution is 6.27. The SMILES string of the molecule is c1ccc(-c2cccc3c2oc2c(-c4ccc5c6ccc(-c7cccc8c7oc7c(-c9ccccc9)cccc78)cc6c6ccccc6c5c4)cccc23)cc1. The lowest BCUT2D eigenvalue weighted by molar-refractivity contribution is 0.670. The van der Waals surface area contributed by atoms with Gasteiger partial charge in [-0.05, 0) is 66.7 Å². The zero-order valence-corrected chi connectivity index (χ0v) is 30.3. The molecule has 0 aliphatic heterocycles. The number of benzene rings is 10. The van der Waals surface area contributed by atoms with Gasteiger partial charge in [0.2, 0.25) is 0 Å². The summed E-state index contributed by atoms with van der Waals surface area (Å²) in [5.74, 6) is 0. The van der Waals surface area contributed by atoms with Crippen molar-refractivity contribution in [3.05, 3.63) is 194 Å². The van der Waals surface area contributed by atoms with Gasteiger partial charge in [-0.2, -0.15) is 0 Å². The molecule has 0 saturated heterocycles. The fourth-order valence-electron chi connectivity index (χ4n) is 9.08. The summed E-state index contributed by atoms with van der Waals surface area (Å²) >= 11 is 0. The molecule has 2 heteroatoms. The van der Waals surface area contributed by atoms with Gasteiger partial charge in [-0.25, -0.2) is 0 Å². The number of hydrogen-bond donors (Lipinski definition) is 0. The zero-order chi connectivity index (χ0) is 36.7. The van der Waals surface area contributed by atoms with E-state index in [0.29, 0.717) is 0 Å². The molecule has 0 aliphatic rings. The Morgan fingerprint density at radius 1 is 0.196 bits per heavy atom. The summed E-state index contributed by atoms with van der Waals surface area (Å²) in [6.07, 6.45) is 0. The number of fused-ring (bicyclic) bond motifs is 12. The van der Waals surface area contributed by atoms with E-state index in [4.69, 9.17) is 8.83 Å². The molecular formula is C54H32O2.